The molecule has 1 aromatic carbocycles. The summed E-state index contributed by atoms with van der Waals surface area (Å²) >= 11 is 0. The van der Waals surface area contributed by atoms with Crippen molar-refractivity contribution < 1.29 is 14.1 Å². The number of rotatable bonds is 7. The van der Waals surface area contributed by atoms with Gasteiger partial charge < -0.3 is 15.2 Å². The highest BCUT2D eigenvalue weighted by Crippen LogP contribution is 2.00. The molecule has 0 spiro atoms. The van der Waals surface area contributed by atoms with Gasteiger partial charge in [-0.15, -0.1) is 0 Å². The highest BCUT2D eigenvalue weighted by molar-refractivity contribution is 5.96. The molecule has 6 nitrogen and oxygen atoms in total. The van der Waals surface area contributed by atoms with E-state index in [0.29, 0.717) is 12.1 Å². The van der Waals surface area contributed by atoms with Crippen LogP contribution in [0.1, 0.15) is 22.3 Å². The van der Waals surface area contributed by atoms with Gasteiger partial charge in [0.15, 0.2) is 0 Å². The first-order valence-electron chi connectivity index (χ1n) is 6.74. The van der Waals surface area contributed by atoms with Crippen LogP contribution in [-0.4, -0.2) is 30.1 Å². The SMILES string of the molecule is O=C(CNC(=O)c1ccccc1)NCCCc1cnoc1. The zero-order chi connectivity index (χ0) is 14.9. The maximum Gasteiger partial charge on any atom is 0.251 e. The minimum absolute atomic E-state index is 0.0268. The topological polar surface area (TPSA) is 84.2 Å². The molecule has 0 radical (unpaired) electrons. The van der Waals surface area contributed by atoms with Crippen molar-refractivity contribution in [1.29, 1.82) is 0 Å². The van der Waals surface area contributed by atoms with Gasteiger partial charge in [-0.05, 0) is 25.0 Å². The molecule has 0 unspecified atom stereocenters. The van der Waals surface area contributed by atoms with Crippen molar-refractivity contribution >= 4 is 11.8 Å². The second-order valence-electron chi connectivity index (χ2n) is 4.53. The van der Waals surface area contributed by atoms with E-state index in [1.807, 2.05) is 6.07 Å². The molecule has 0 saturated heterocycles. The number of nitrogens with one attached hydrogen (secondary N) is 2. The third kappa shape index (κ3) is 5.10. The Balaban J connectivity index is 1.60. The molecule has 0 atom stereocenters. The molecule has 2 amide bonds. The van der Waals surface area contributed by atoms with Crippen molar-refractivity contribution in [2.45, 2.75) is 12.8 Å². The molecular formula is C15H17N3O3. The molecule has 1 aromatic heterocycles. The lowest BCUT2D eigenvalue weighted by Crippen LogP contribution is -2.37. The normalized spacial score (nSPS) is 10.1. The molecule has 2 N–H and O–H groups in total. The molecule has 2 rings (SSSR count). The van der Waals surface area contributed by atoms with Crippen LogP contribution >= 0.6 is 0 Å². The number of benzene rings is 1. The molecule has 6 heteroatoms. The molecular weight excluding hydrogens is 270 g/mol. The Morgan fingerprint density at radius 2 is 1.95 bits per heavy atom. The number of nitrogens with zero attached hydrogens (tertiary/aromatic N) is 1. The summed E-state index contributed by atoms with van der Waals surface area (Å²) < 4.78 is 4.71. The third-order valence-electron chi connectivity index (χ3n) is 2.89. The Labute approximate surface area is 122 Å². The van der Waals surface area contributed by atoms with Gasteiger partial charge in [-0.2, -0.15) is 0 Å². The molecule has 0 aliphatic rings. The van der Waals surface area contributed by atoms with Crippen molar-refractivity contribution in [3.63, 3.8) is 0 Å². The van der Waals surface area contributed by atoms with Crippen molar-refractivity contribution in [2.24, 2.45) is 0 Å². The standard InChI is InChI=1S/C15H17N3O3/c19-14(16-8-4-5-12-9-18-21-11-12)10-17-15(20)13-6-2-1-3-7-13/h1-3,6-7,9,11H,4-5,8,10H2,(H,16,19)(H,17,20). The number of carbonyl (C=O) groups excluding carboxylic acids is 2. The Bertz CT molecular complexity index is 567. The van der Waals surface area contributed by atoms with Gasteiger partial charge in [-0.3, -0.25) is 9.59 Å². The highest BCUT2D eigenvalue weighted by atomic mass is 16.5. The lowest BCUT2D eigenvalue weighted by atomic mass is 10.2. The zero-order valence-electron chi connectivity index (χ0n) is 11.5. The largest absolute Gasteiger partial charge is 0.364 e. The Morgan fingerprint density at radius 1 is 1.14 bits per heavy atom. The summed E-state index contributed by atoms with van der Waals surface area (Å²) in [5.41, 5.74) is 1.54. The number of carbonyl (C=O) groups is 2. The van der Waals surface area contributed by atoms with Gasteiger partial charge in [-0.25, -0.2) is 0 Å². The van der Waals surface area contributed by atoms with Crippen molar-refractivity contribution in [3.8, 4) is 0 Å². The average Bonchev–Trinajstić information content (AvgIpc) is 3.03. The summed E-state index contributed by atoms with van der Waals surface area (Å²) in [6, 6.07) is 8.79. The van der Waals surface area contributed by atoms with E-state index in [0.717, 1.165) is 18.4 Å². The van der Waals surface area contributed by atoms with Crippen LogP contribution in [-0.2, 0) is 11.2 Å². The summed E-state index contributed by atoms with van der Waals surface area (Å²) in [4.78, 5) is 23.3. The van der Waals surface area contributed by atoms with Crippen LogP contribution in [0.5, 0.6) is 0 Å². The second-order valence-corrected chi connectivity index (χ2v) is 4.53. The van der Waals surface area contributed by atoms with Crippen LogP contribution < -0.4 is 10.6 Å². The molecule has 2 aromatic rings. The van der Waals surface area contributed by atoms with E-state index in [9.17, 15) is 9.59 Å². The van der Waals surface area contributed by atoms with Crippen LogP contribution in [0.15, 0.2) is 47.3 Å². The third-order valence-corrected chi connectivity index (χ3v) is 2.89. The van der Waals surface area contributed by atoms with Crippen molar-refractivity contribution in [3.05, 3.63) is 53.9 Å². The fourth-order valence-corrected chi connectivity index (χ4v) is 1.79. The molecule has 0 saturated carbocycles. The number of aromatic nitrogens is 1. The summed E-state index contributed by atoms with van der Waals surface area (Å²) in [5, 5.41) is 8.93. The maximum atomic E-state index is 11.7. The predicted molar refractivity (Wildman–Crippen MR) is 76.6 cm³/mol. The van der Waals surface area contributed by atoms with Gasteiger partial charge in [0.05, 0.1) is 12.7 Å². The number of hydrogen-bond donors (Lipinski definition) is 2. The van der Waals surface area contributed by atoms with Crippen LogP contribution in [0.3, 0.4) is 0 Å². The first-order chi connectivity index (χ1) is 10.3. The van der Waals surface area contributed by atoms with Crippen LogP contribution in [0.2, 0.25) is 0 Å². The number of aryl methyl sites for hydroxylation is 1. The van der Waals surface area contributed by atoms with Crippen LogP contribution in [0, 0.1) is 0 Å². The van der Waals surface area contributed by atoms with Crippen molar-refractivity contribution in [2.75, 3.05) is 13.1 Å². The van der Waals surface area contributed by atoms with Crippen LogP contribution in [0.25, 0.3) is 0 Å². The van der Waals surface area contributed by atoms with E-state index >= 15 is 0 Å². The fourth-order valence-electron chi connectivity index (χ4n) is 1.79. The monoisotopic (exact) mass is 287 g/mol. The van der Waals surface area contributed by atoms with E-state index in [4.69, 9.17) is 4.52 Å². The Morgan fingerprint density at radius 3 is 2.67 bits per heavy atom. The lowest BCUT2D eigenvalue weighted by Gasteiger charge is -2.06. The first kappa shape index (κ1) is 14.8. The highest BCUT2D eigenvalue weighted by Gasteiger charge is 2.06. The molecule has 0 aliphatic carbocycles. The molecule has 21 heavy (non-hydrogen) atoms. The van der Waals surface area contributed by atoms with E-state index in [-0.39, 0.29) is 18.4 Å². The van der Waals surface area contributed by atoms with Gasteiger partial charge in [0.1, 0.15) is 6.26 Å². The summed E-state index contributed by atoms with van der Waals surface area (Å²) in [6.07, 6.45) is 4.82. The Kier molecular flexibility index (Phi) is 5.51. The van der Waals surface area contributed by atoms with E-state index in [1.54, 1.807) is 36.7 Å². The number of hydrogen-bond acceptors (Lipinski definition) is 4. The van der Waals surface area contributed by atoms with Gasteiger partial charge in [0.25, 0.3) is 5.91 Å². The van der Waals surface area contributed by atoms with E-state index < -0.39 is 0 Å². The van der Waals surface area contributed by atoms with Crippen LogP contribution in [0.4, 0.5) is 0 Å². The molecule has 110 valence electrons. The van der Waals surface area contributed by atoms with Gasteiger partial charge in [0, 0.05) is 17.7 Å². The minimum Gasteiger partial charge on any atom is -0.364 e. The summed E-state index contributed by atoms with van der Waals surface area (Å²) in [5.74, 6) is -0.458. The van der Waals surface area contributed by atoms with E-state index in [2.05, 4.69) is 15.8 Å². The molecule has 0 bridgehead atoms. The maximum absolute atomic E-state index is 11.7. The zero-order valence-corrected chi connectivity index (χ0v) is 11.5. The fraction of sp³-hybridized carbons (Fsp3) is 0.267. The quantitative estimate of drug-likeness (QED) is 0.748. The van der Waals surface area contributed by atoms with Gasteiger partial charge in [0.2, 0.25) is 5.91 Å². The van der Waals surface area contributed by atoms with Gasteiger partial charge >= 0.3 is 0 Å². The minimum atomic E-state index is -0.254. The predicted octanol–water partition coefficient (Wildman–Crippen LogP) is 1.15. The molecule has 0 fully saturated rings. The van der Waals surface area contributed by atoms with Gasteiger partial charge in [-0.1, -0.05) is 23.4 Å². The van der Waals surface area contributed by atoms with E-state index in [1.165, 1.54) is 0 Å². The Hall–Kier alpha value is -2.63. The smallest absolute Gasteiger partial charge is 0.251 e. The van der Waals surface area contributed by atoms with Crippen molar-refractivity contribution in [1.82, 2.24) is 15.8 Å². The molecule has 0 aliphatic heterocycles. The first-order valence-corrected chi connectivity index (χ1v) is 6.74. The summed E-state index contributed by atoms with van der Waals surface area (Å²) in [6.45, 7) is 0.520. The second kappa shape index (κ2) is 7.84. The summed E-state index contributed by atoms with van der Waals surface area (Å²) in [7, 11) is 0. The average molecular weight is 287 g/mol. The lowest BCUT2D eigenvalue weighted by molar-refractivity contribution is -0.120. The number of amides is 2. The molecule has 1 heterocycles.